The topological polar surface area (TPSA) is 66.1 Å². The summed E-state index contributed by atoms with van der Waals surface area (Å²) in [6, 6.07) is 13.8. The second-order valence-electron chi connectivity index (χ2n) is 7.19. The number of hydrogen-bond donors (Lipinski definition) is 2. The Kier molecular flexibility index (Phi) is 5.06. The molecule has 5 rings (SSSR count). The van der Waals surface area contributed by atoms with Crippen LogP contribution >= 0.6 is 11.6 Å². The Morgan fingerprint density at radius 1 is 1.10 bits per heavy atom. The van der Waals surface area contributed by atoms with Crippen LogP contribution in [0.3, 0.4) is 0 Å². The molecule has 0 spiro atoms. The molecule has 1 saturated heterocycles. The first kappa shape index (κ1) is 18.4. The number of pyridine rings is 1. The van der Waals surface area contributed by atoms with Crippen molar-refractivity contribution in [1.82, 2.24) is 19.9 Å². The summed E-state index contributed by atoms with van der Waals surface area (Å²) in [6.45, 7) is 5.32. The molecule has 1 fully saturated rings. The number of aromatic nitrogens is 3. The number of hydrogen-bond acceptors (Lipinski definition) is 5. The molecular weight excluding hydrogens is 386 g/mol. The van der Waals surface area contributed by atoms with Crippen molar-refractivity contribution in [2.75, 3.05) is 44.7 Å². The highest BCUT2D eigenvalue weighted by Gasteiger charge is 2.16. The van der Waals surface area contributed by atoms with E-state index in [9.17, 15) is 0 Å². The summed E-state index contributed by atoms with van der Waals surface area (Å²) in [4.78, 5) is 15.2. The molecule has 0 unspecified atom stereocenters. The molecule has 2 N–H and O–H groups in total. The van der Waals surface area contributed by atoms with Crippen LogP contribution in [0, 0.1) is 0 Å². The van der Waals surface area contributed by atoms with E-state index in [1.807, 2.05) is 48.7 Å². The molecule has 3 heterocycles. The zero-order valence-corrected chi connectivity index (χ0v) is 16.7. The van der Waals surface area contributed by atoms with Gasteiger partial charge in [-0.25, -0.2) is 4.98 Å². The molecule has 2 aromatic carbocycles. The standard InChI is InChI=1S/C22H22ClN5O/c23-15-5-6-18-16(13-15)21(24-7-8-28-9-11-29-12-10-28)17(14-25-18)22-26-19-3-1-2-4-20(19)27-22/h1-6,13-14H,7-12H2,(H,24,25)(H,26,27). The molecule has 1 aliphatic rings. The molecule has 148 valence electrons. The largest absolute Gasteiger partial charge is 0.383 e. The van der Waals surface area contributed by atoms with Crippen LogP contribution in [0.5, 0.6) is 0 Å². The molecule has 4 aromatic rings. The van der Waals surface area contributed by atoms with Crippen LogP contribution in [0.2, 0.25) is 5.02 Å². The van der Waals surface area contributed by atoms with E-state index in [-0.39, 0.29) is 0 Å². The average Bonchev–Trinajstić information content (AvgIpc) is 3.18. The van der Waals surface area contributed by atoms with E-state index < -0.39 is 0 Å². The molecule has 0 atom stereocenters. The molecule has 0 aliphatic carbocycles. The normalized spacial score (nSPS) is 15.2. The maximum atomic E-state index is 6.31. The number of ether oxygens (including phenoxy) is 1. The van der Waals surface area contributed by atoms with E-state index in [0.29, 0.717) is 5.02 Å². The lowest BCUT2D eigenvalue weighted by Gasteiger charge is -2.27. The van der Waals surface area contributed by atoms with Gasteiger partial charge in [0, 0.05) is 42.8 Å². The molecule has 1 aliphatic heterocycles. The van der Waals surface area contributed by atoms with Crippen molar-refractivity contribution in [1.29, 1.82) is 0 Å². The fourth-order valence-corrected chi connectivity index (χ4v) is 3.95. The van der Waals surface area contributed by atoms with Gasteiger partial charge >= 0.3 is 0 Å². The smallest absolute Gasteiger partial charge is 0.142 e. The molecule has 7 heteroatoms. The number of aromatic amines is 1. The highest BCUT2D eigenvalue weighted by molar-refractivity contribution is 6.31. The lowest BCUT2D eigenvalue weighted by Crippen LogP contribution is -2.39. The summed E-state index contributed by atoms with van der Waals surface area (Å²) in [5.74, 6) is 0.800. The summed E-state index contributed by atoms with van der Waals surface area (Å²) in [5.41, 5.74) is 4.80. The van der Waals surface area contributed by atoms with Gasteiger partial charge < -0.3 is 15.0 Å². The van der Waals surface area contributed by atoms with Crippen LogP contribution in [0.25, 0.3) is 33.3 Å². The van der Waals surface area contributed by atoms with Crippen LogP contribution in [-0.2, 0) is 4.74 Å². The number of nitrogens with one attached hydrogen (secondary N) is 2. The molecule has 0 amide bonds. The van der Waals surface area contributed by atoms with Crippen molar-refractivity contribution in [3.63, 3.8) is 0 Å². The van der Waals surface area contributed by atoms with E-state index in [0.717, 1.165) is 78.4 Å². The number of imidazole rings is 1. The Balaban J connectivity index is 1.52. The van der Waals surface area contributed by atoms with Gasteiger partial charge in [-0.15, -0.1) is 0 Å². The van der Waals surface area contributed by atoms with Gasteiger partial charge in [-0.05, 0) is 30.3 Å². The highest BCUT2D eigenvalue weighted by atomic mass is 35.5. The Morgan fingerprint density at radius 3 is 2.83 bits per heavy atom. The summed E-state index contributed by atoms with van der Waals surface area (Å²) < 4.78 is 5.44. The molecule has 29 heavy (non-hydrogen) atoms. The minimum Gasteiger partial charge on any atom is -0.383 e. The number of H-pyrrole nitrogens is 1. The van der Waals surface area contributed by atoms with Crippen LogP contribution in [-0.4, -0.2) is 59.2 Å². The number of anilines is 1. The first-order valence-electron chi connectivity index (χ1n) is 9.85. The Bertz CT molecular complexity index is 1120. The van der Waals surface area contributed by atoms with Crippen molar-refractivity contribution in [2.45, 2.75) is 0 Å². The molecule has 0 saturated carbocycles. The van der Waals surface area contributed by atoms with Gasteiger partial charge in [0.1, 0.15) is 5.82 Å². The van der Waals surface area contributed by atoms with Crippen molar-refractivity contribution in [2.24, 2.45) is 0 Å². The van der Waals surface area contributed by atoms with Crippen molar-refractivity contribution in [3.05, 3.63) is 53.7 Å². The molecule has 0 bridgehead atoms. The zero-order valence-electron chi connectivity index (χ0n) is 16.0. The second-order valence-corrected chi connectivity index (χ2v) is 7.63. The summed E-state index contributed by atoms with van der Waals surface area (Å²) in [6.07, 6.45) is 1.88. The minimum absolute atomic E-state index is 0.692. The van der Waals surface area contributed by atoms with Gasteiger partial charge in [0.15, 0.2) is 0 Å². The van der Waals surface area contributed by atoms with Gasteiger partial charge in [-0.2, -0.15) is 0 Å². The number of nitrogens with zero attached hydrogens (tertiary/aromatic N) is 3. The van der Waals surface area contributed by atoms with Gasteiger partial charge in [0.2, 0.25) is 0 Å². The molecule has 6 nitrogen and oxygen atoms in total. The lowest BCUT2D eigenvalue weighted by molar-refractivity contribution is 0.0398. The predicted octanol–water partition coefficient (Wildman–Crippen LogP) is 4.18. The van der Waals surface area contributed by atoms with Crippen molar-refractivity contribution in [3.8, 4) is 11.4 Å². The van der Waals surface area contributed by atoms with E-state index in [1.54, 1.807) is 0 Å². The summed E-state index contributed by atoms with van der Waals surface area (Å²) in [5, 5.41) is 5.32. The SMILES string of the molecule is Clc1ccc2ncc(-c3nc4ccccc4[nH]3)c(NCCN3CCOCC3)c2c1. The van der Waals surface area contributed by atoms with Gasteiger partial charge in [-0.3, -0.25) is 9.88 Å². The van der Waals surface area contributed by atoms with Crippen molar-refractivity contribution < 1.29 is 4.74 Å². The third-order valence-corrected chi connectivity index (χ3v) is 5.54. The monoisotopic (exact) mass is 407 g/mol. The molecular formula is C22H22ClN5O. The van der Waals surface area contributed by atoms with Crippen LogP contribution in [0.15, 0.2) is 48.7 Å². The quantitative estimate of drug-likeness (QED) is 0.519. The third kappa shape index (κ3) is 3.79. The number of benzene rings is 2. The number of morpholine rings is 1. The molecule has 0 radical (unpaired) electrons. The summed E-state index contributed by atoms with van der Waals surface area (Å²) >= 11 is 6.31. The lowest BCUT2D eigenvalue weighted by atomic mass is 10.1. The maximum absolute atomic E-state index is 6.31. The Morgan fingerprint density at radius 2 is 1.97 bits per heavy atom. The first-order chi connectivity index (χ1) is 14.3. The fourth-order valence-electron chi connectivity index (χ4n) is 3.78. The maximum Gasteiger partial charge on any atom is 0.142 e. The number of para-hydroxylation sites is 2. The van der Waals surface area contributed by atoms with E-state index >= 15 is 0 Å². The second kappa shape index (κ2) is 7.99. The van der Waals surface area contributed by atoms with E-state index in [4.69, 9.17) is 21.3 Å². The van der Waals surface area contributed by atoms with Crippen LogP contribution < -0.4 is 5.32 Å². The zero-order chi connectivity index (χ0) is 19.6. The summed E-state index contributed by atoms with van der Waals surface area (Å²) in [7, 11) is 0. The van der Waals surface area contributed by atoms with Crippen molar-refractivity contribution >= 4 is 39.2 Å². The predicted molar refractivity (Wildman–Crippen MR) is 118 cm³/mol. The number of halogens is 1. The third-order valence-electron chi connectivity index (χ3n) is 5.31. The number of rotatable bonds is 5. The van der Waals surface area contributed by atoms with Gasteiger partial charge in [0.25, 0.3) is 0 Å². The van der Waals surface area contributed by atoms with Gasteiger partial charge in [0.05, 0.1) is 41.0 Å². The fraction of sp³-hybridized carbons (Fsp3) is 0.273. The van der Waals surface area contributed by atoms with E-state index in [2.05, 4.69) is 20.2 Å². The van der Waals surface area contributed by atoms with Crippen LogP contribution in [0.1, 0.15) is 0 Å². The minimum atomic E-state index is 0.692. The number of fused-ring (bicyclic) bond motifs is 2. The average molecular weight is 408 g/mol. The molecule has 2 aromatic heterocycles. The van der Waals surface area contributed by atoms with E-state index in [1.165, 1.54) is 0 Å². The Labute approximate surface area is 173 Å². The van der Waals surface area contributed by atoms with Crippen LogP contribution in [0.4, 0.5) is 5.69 Å². The highest BCUT2D eigenvalue weighted by Crippen LogP contribution is 2.34. The first-order valence-corrected chi connectivity index (χ1v) is 10.2. The Hall–Kier alpha value is -2.67. The van der Waals surface area contributed by atoms with Gasteiger partial charge in [-0.1, -0.05) is 23.7 Å².